The number of para-hydroxylation sites is 2. The van der Waals surface area contributed by atoms with E-state index in [4.69, 9.17) is 9.84 Å². The molecule has 0 aliphatic carbocycles. The molecule has 1 aliphatic heterocycles. The average molecular weight is 681 g/mol. The molecule has 0 spiro atoms. The Bertz CT molecular complexity index is 1800. The van der Waals surface area contributed by atoms with Gasteiger partial charge in [-0.25, -0.2) is 9.48 Å². The zero-order valence-electron chi connectivity index (χ0n) is 29.4. The van der Waals surface area contributed by atoms with E-state index in [0.717, 1.165) is 36.8 Å². The first-order valence-corrected chi connectivity index (χ1v) is 17.6. The lowest BCUT2D eigenvalue weighted by atomic mass is 9.93. The summed E-state index contributed by atoms with van der Waals surface area (Å²) in [5, 5.41) is 20.8. The highest BCUT2D eigenvalue weighted by Crippen LogP contribution is 2.30. The van der Waals surface area contributed by atoms with Gasteiger partial charge in [-0.3, -0.25) is 9.59 Å². The summed E-state index contributed by atoms with van der Waals surface area (Å²) < 4.78 is 7.27. The topological polar surface area (TPSA) is 129 Å². The Labute approximate surface area is 294 Å². The number of carbonyl (C=O) groups excluding carboxylic acids is 3. The number of hydrogen-bond donors (Lipinski definition) is 3. The zero-order chi connectivity index (χ0) is 35.6. The molecule has 0 bridgehead atoms. The second kappa shape index (κ2) is 17.0. The maximum absolute atomic E-state index is 14.6. The Hall–Kier alpha value is -5.16. The first-order chi connectivity index (χ1) is 24.3. The third-order valence-electron chi connectivity index (χ3n) is 8.93. The minimum Gasteiger partial charge on any atom is -0.492 e. The minimum atomic E-state index is -0.508. The number of amides is 4. The number of fused-ring (bicyclic) bond motifs is 1. The number of rotatable bonds is 14. The van der Waals surface area contributed by atoms with E-state index in [0.29, 0.717) is 66.9 Å². The van der Waals surface area contributed by atoms with E-state index in [9.17, 15) is 19.5 Å². The maximum atomic E-state index is 14.6. The molecule has 0 unspecified atom stereocenters. The van der Waals surface area contributed by atoms with Crippen molar-refractivity contribution in [2.45, 2.75) is 72.4 Å². The van der Waals surface area contributed by atoms with E-state index in [1.54, 1.807) is 52.0 Å². The van der Waals surface area contributed by atoms with Gasteiger partial charge in [0.15, 0.2) is 5.69 Å². The van der Waals surface area contributed by atoms with Crippen molar-refractivity contribution in [2.75, 3.05) is 36.9 Å². The van der Waals surface area contributed by atoms with E-state index in [2.05, 4.69) is 24.5 Å². The Morgan fingerprint density at radius 1 is 0.920 bits per heavy atom. The van der Waals surface area contributed by atoms with Gasteiger partial charge < -0.3 is 30.3 Å². The van der Waals surface area contributed by atoms with Crippen LogP contribution in [0.2, 0.25) is 0 Å². The smallest absolute Gasteiger partial charge is 0.323 e. The molecule has 3 aromatic carbocycles. The van der Waals surface area contributed by atoms with Crippen LogP contribution in [0.4, 0.5) is 16.2 Å². The average Bonchev–Trinajstić information content (AvgIpc) is 3.52. The van der Waals surface area contributed by atoms with E-state index in [-0.39, 0.29) is 24.0 Å². The molecule has 1 aliphatic rings. The van der Waals surface area contributed by atoms with Crippen LogP contribution in [-0.4, -0.2) is 74.9 Å². The lowest BCUT2D eigenvalue weighted by molar-refractivity contribution is 0.0544. The van der Waals surface area contributed by atoms with Crippen molar-refractivity contribution in [3.8, 4) is 11.4 Å². The van der Waals surface area contributed by atoms with Gasteiger partial charge in [0.2, 0.25) is 0 Å². The van der Waals surface area contributed by atoms with Crippen LogP contribution in [0.1, 0.15) is 84.1 Å². The van der Waals surface area contributed by atoms with Crippen molar-refractivity contribution < 1.29 is 24.2 Å². The van der Waals surface area contributed by atoms with Crippen molar-refractivity contribution in [3.63, 3.8) is 0 Å². The standard InChI is InChI=1S/C39H48N6O5/c1-5-8-20-43(21-9-6-2)38(48)34-22-27(4)45(42-34)35-19-18-30(40-39(49)41-33-16-12-13-17-36(33)50-7-3)24-32(35)37(47)44-25-29-15-11-10-14-28(29)23-31(44)26-46/h10-19,22,24,31,46H,5-9,20-21,23,25-26H2,1-4H3,(H2,40,41,49)/t31-/m0/s1. The Morgan fingerprint density at radius 3 is 2.32 bits per heavy atom. The number of urea groups is 1. The number of carbonyl (C=O) groups is 3. The summed E-state index contributed by atoms with van der Waals surface area (Å²) in [5.74, 6) is 0.0748. The molecule has 3 N–H and O–H groups in total. The van der Waals surface area contributed by atoms with Crippen molar-refractivity contribution in [1.82, 2.24) is 19.6 Å². The van der Waals surface area contributed by atoms with E-state index < -0.39 is 12.1 Å². The van der Waals surface area contributed by atoms with Gasteiger partial charge in [-0.1, -0.05) is 63.1 Å². The zero-order valence-corrected chi connectivity index (χ0v) is 29.4. The second-order valence-corrected chi connectivity index (χ2v) is 12.6. The molecule has 1 atom stereocenters. The van der Waals surface area contributed by atoms with Crippen LogP contribution < -0.4 is 15.4 Å². The lowest BCUT2D eigenvalue weighted by Gasteiger charge is -2.36. The van der Waals surface area contributed by atoms with E-state index >= 15 is 0 Å². The molecule has 2 heterocycles. The number of aromatic nitrogens is 2. The monoisotopic (exact) mass is 680 g/mol. The number of aliphatic hydroxyl groups is 1. The molecule has 5 rings (SSSR count). The van der Waals surface area contributed by atoms with Gasteiger partial charge in [-0.15, -0.1) is 0 Å². The van der Waals surface area contributed by atoms with Crippen LogP contribution in [0.25, 0.3) is 5.69 Å². The van der Waals surface area contributed by atoms with E-state index in [1.165, 1.54) is 0 Å². The number of hydrogen-bond acceptors (Lipinski definition) is 6. The summed E-state index contributed by atoms with van der Waals surface area (Å²) >= 11 is 0. The van der Waals surface area contributed by atoms with Gasteiger partial charge in [0, 0.05) is 31.0 Å². The molecule has 0 radical (unpaired) electrons. The summed E-state index contributed by atoms with van der Waals surface area (Å²) in [5.41, 5.74) is 4.72. The molecule has 0 saturated heterocycles. The molecule has 1 aromatic heterocycles. The number of nitrogens with one attached hydrogen (secondary N) is 2. The number of benzene rings is 3. The van der Waals surface area contributed by atoms with Gasteiger partial charge >= 0.3 is 6.03 Å². The predicted octanol–water partition coefficient (Wildman–Crippen LogP) is 6.83. The summed E-state index contributed by atoms with van der Waals surface area (Å²) in [7, 11) is 0. The predicted molar refractivity (Wildman–Crippen MR) is 195 cm³/mol. The van der Waals surface area contributed by atoms with Crippen LogP contribution in [0.3, 0.4) is 0 Å². The van der Waals surface area contributed by atoms with Crippen molar-refractivity contribution in [1.29, 1.82) is 0 Å². The minimum absolute atomic E-state index is 0.142. The van der Waals surface area contributed by atoms with E-state index in [1.807, 2.05) is 49.1 Å². The fourth-order valence-corrected chi connectivity index (χ4v) is 6.25. The normalized spacial score (nSPS) is 13.8. The molecule has 264 valence electrons. The highest BCUT2D eigenvalue weighted by molar-refractivity contribution is 6.03. The third kappa shape index (κ3) is 8.34. The number of unbranched alkanes of at least 4 members (excludes halogenated alkanes) is 2. The van der Waals surface area contributed by atoms with Crippen LogP contribution >= 0.6 is 0 Å². The molecule has 11 nitrogen and oxygen atoms in total. The molecule has 4 amide bonds. The SMILES string of the molecule is CCCCN(CCCC)C(=O)c1cc(C)n(-c2ccc(NC(=O)Nc3ccccc3OCC)cc2C(=O)N2Cc3ccccc3C[C@H]2CO)n1. The number of aliphatic hydroxyl groups excluding tert-OH is 1. The molecule has 0 saturated carbocycles. The fraction of sp³-hybridized carbons (Fsp3) is 0.385. The lowest BCUT2D eigenvalue weighted by Crippen LogP contribution is -2.46. The second-order valence-electron chi connectivity index (χ2n) is 12.6. The summed E-state index contributed by atoms with van der Waals surface area (Å²) in [4.78, 5) is 45.0. The van der Waals surface area contributed by atoms with Crippen molar-refractivity contribution >= 4 is 29.2 Å². The number of anilines is 2. The van der Waals surface area contributed by atoms with Crippen molar-refractivity contribution in [3.05, 3.63) is 101 Å². The number of nitrogens with zero attached hydrogens (tertiary/aromatic N) is 4. The number of ether oxygens (including phenoxy) is 1. The molecule has 11 heteroatoms. The Balaban J connectivity index is 1.51. The molecule has 50 heavy (non-hydrogen) atoms. The highest BCUT2D eigenvalue weighted by atomic mass is 16.5. The fourth-order valence-electron chi connectivity index (χ4n) is 6.25. The molecular weight excluding hydrogens is 632 g/mol. The van der Waals surface area contributed by atoms with Gasteiger partial charge in [0.1, 0.15) is 5.75 Å². The third-order valence-corrected chi connectivity index (χ3v) is 8.93. The van der Waals surface area contributed by atoms with Crippen LogP contribution in [0, 0.1) is 6.92 Å². The first kappa shape index (κ1) is 36.1. The van der Waals surface area contributed by atoms with Gasteiger partial charge in [0.25, 0.3) is 11.8 Å². The summed E-state index contributed by atoms with van der Waals surface area (Å²) in [6.45, 7) is 9.78. The largest absolute Gasteiger partial charge is 0.492 e. The van der Waals surface area contributed by atoms with Crippen LogP contribution in [0.15, 0.2) is 72.8 Å². The maximum Gasteiger partial charge on any atom is 0.323 e. The molecule has 0 fully saturated rings. The highest BCUT2D eigenvalue weighted by Gasteiger charge is 2.32. The van der Waals surface area contributed by atoms with Gasteiger partial charge in [0.05, 0.1) is 36.2 Å². The van der Waals surface area contributed by atoms with Crippen molar-refractivity contribution in [2.24, 2.45) is 0 Å². The summed E-state index contributed by atoms with van der Waals surface area (Å²) in [6.07, 6.45) is 4.26. The Morgan fingerprint density at radius 2 is 1.62 bits per heavy atom. The summed E-state index contributed by atoms with van der Waals surface area (Å²) in [6, 6.07) is 20.9. The first-order valence-electron chi connectivity index (χ1n) is 17.6. The Kier molecular flexibility index (Phi) is 12.3. The van der Waals surface area contributed by atoms with Gasteiger partial charge in [-0.2, -0.15) is 5.10 Å². The molecular formula is C39H48N6O5. The van der Waals surface area contributed by atoms with Gasteiger partial charge in [-0.05, 0) is 80.6 Å². The quantitative estimate of drug-likeness (QED) is 0.134. The number of aryl methyl sites for hydroxylation is 1. The molecule has 4 aromatic rings. The van der Waals surface area contributed by atoms with Crippen LogP contribution in [0.5, 0.6) is 5.75 Å². The van der Waals surface area contributed by atoms with Crippen LogP contribution in [-0.2, 0) is 13.0 Å².